The molecule has 0 aliphatic carbocycles. The van der Waals surface area contributed by atoms with Gasteiger partial charge in [-0.05, 0) is 49.3 Å². The molecule has 1 aromatic carbocycles. The molecule has 0 atom stereocenters. The van der Waals surface area contributed by atoms with Gasteiger partial charge in [0.25, 0.3) is 0 Å². The molecule has 0 aromatic heterocycles. The van der Waals surface area contributed by atoms with Gasteiger partial charge in [-0.25, -0.2) is 9.59 Å². The Morgan fingerprint density at radius 2 is 1.30 bits per heavy atom. The Labute approximate surface area is 181 Å². The SMILES string of the molecule is C=C/C(=C\C=C(/C=C)c1ccc(OC(=O)C(=C)C)cc1)OC(=O)C(=C)C.CC.CC. The molecule has 0 heterocycles. The summed E-state index contributed by atoms with van der Waals surface area (Å²) < 4.78 is 10.3. The summed E-state index contributed by atoms with van der Waals surface area (Å²) in [6.07, 6.45) is 6.44. The van der Waals surface area contributed by atoms with Crippen LogP contribution in [-0.2, 0) is 14.3 Å². The van der Waals surface area contributed by atoms with Crippen molar-refractivity contribution in [1.82, 2.24) is 0 Å². The molecule has 0 aliphatic rings. The number of hydrogen-bond acceptors (Lipinski definition) is 4. The second-order valence-corrected chi connectivity index (χ2v) is 5.46. The molecule has 162 valence electrons. The minimum Gasteiger partial charge on any atom is -0.423 e. The number of rotatable bonds is 8. The Morgan fingerprint density at radius 3 is 1.70 bits per heavy atom. The Hall–Kier alpha value is -3.40. The van der Waals surface area contributed by atoms with E-state index in [0.717, 1.165) is 11.1 Å². The van der Waals surface area contributed by atoms with Gasteiger partial charge >= 0.3 is 11.9 Å². The zero-order valence-corrected chi connectivity index (χ0v) is 19.1. The number of esters is 2. The highest BCUT2D eigenvalue weighted by molar-refractivity contribution is 5.89. The van der Waals surface area contributed by atoms with Gasteiger partial charge in [-0.3, -0.25) is 0 Å². The lowest BCUT2D eigenvalue weighted by atomic mass is 10.1. The van der Waals surface area contributed by atoms with Gasteiger partial charge in [-0.2, -0.15) is 0 Å². The van der Waals surface area contributed by atoms with Crippen LogP contribution in [0.15, 0.2) is 91.8 Å². The zero-order valence-electron chi connectivity index (χ0n) is 19.1. The first-order valence-corrected chi connectivity index (χ1v) is 9.81. The molecule has 4 heteroatoms. The van der Waals surface area contributed by atoms with E-state index in [1.54, 1.807) is 56.3 Å². The van der Waals surface area contributed by atoms with Crippen LogP contribution in [0.1, 0.15) is 47.1 Å². The fourth-order valence-corrected chi connectivity index (χ4v) is 1.70. The van der Waals surface area contributed by atoms with Gasteiger partial charge in [-0.1, -0.05) is 78.3 Å². The van der Waals surface area contributed by atoms with E-state index < -0.39 is 11.9 Å². The molecular weight excluding hydrogens is 376 g/mol. The first kappa shape index (κ1) is 28.8. The summed E-state index contributed by atoms with van der Waals surface area (Å²) in [6, 6.07) is 6.92. The molecule has 0 aliphatic heterocycles. The summed E-state index contributed by atoms with van der Waals surface area (Å²) in [5, 5.41) is 0. The number of allylic oxidation sites excluding steroid dienone is 5. The molecule has 0 saturated heterocycles. The van der Waals surface area contributed by atoms with Crippen LogP contribution in [-0.4, -0.2) is 11.9 Å². The van der Waals surface area contributed by atoms with Gasteiger partial charge in [0.1, 0.15) is 11.5 Å². The van der Waals surface area contributed by atoms with E-state index in [1.165, 1.54) is 6.08 Å². The van der Waals surface area contributed by atoms with Crippen molar-refractivity contribution in [2.45, 2.75) is 41.5 Å². The molecular formula is C26H34O4. The third kappa shape index (κ3) is 10.8. The van der Waals surface area contributed by atoms with Crippen LogP contribution in [0.2, 0.25) is 0 Å². The van der Waals surface area contributed by atoms with Gasteiger partial charge in [-0.15, -0.1) is 0 Å². The lowest BCUT2D eigenvalue weighted by Gasteiger charge is -2.06. The first-order valence-electron chi connectivity index (χ1n) is 9.81. The Bertz CT molecular complexity index is 806. The van der Waals surface area contributed by atoms with Crippen molar-refractivity contribution >= 4 is 17.5 Å². The Kier molecular flexibility index (Phi) is 15.9. The van der Waals surface area contributed by atoms with E-state index in [0.29, 0.717) is 22.7 Å². The van der Waals surface area contributed by atoms with Gasteiger partial charge in [0.15, 0.2) is 0 Å². The van der Waals surface area contributed by atoms with Crippen molar-refractivity contribution in [3.8, 4) is 5.75 Å². The third-order valence-corrected chi connectivity index (χ3v) is 3.15. The van der Waals surface area contributed by atoms with Crippen LogP contribution in [0.4, 0.5) is 0 Å². The van der Waals surface area contributed by atoms with Gasteiger partial charge in [0, 0.05) is 11.1 Å². The molecule has 4 nitrogen and oxygen atoms in total. The summed E-state index contributed by atoms with van der Waals surface area (Å²) in [5.41, 5.74) is 2.26. The van der Waals surface area contributed by atoms with E-state index in [-0.39, 0.29) is 0 Å². The molecule has 1 aromatic rings. The predicted molar refractivity (Wildman–Crippen MR) is 127 cm³/mol. The molecule has 0 spiro atoms. The third-order valence-electron chi connectivity index (χ3n) is 3.15. The lowest BCUT2D eigenvalue weighted by molar-refractivity contribution is -0.134. The summed E-state index contributed by atoms with van der Waals surface area (Å²) in [5.74, 6) is -0.282. The Morgan fingerprint density at radius 1 is 0.800 bits per heavy atom. The standard InChI is InChI=1S/C22H22O4.2C2H6/c1-7-17(9-12-19(8-2)25-21(23)15(3)4)18-10-13-20(14-11-18)26-22(24)16(5)6;2*1-2/h7-14H,1-3,5H2,4,6H3;2*1-2H3/b17-9+,19-12+;;. The fourth-order valence-electron chi connectivity index (χ4n) is 1.70. The molecule has 0 amide bonds. The van der Waals surface area contributed by atoms with Crippen LogP contribution in [0.5, 0.6) is 5.75 Å². The number of benzene rings is 1. The van der Waals surface area contributed by atoms with E-state index >= 15 is 0 Å². The molecule has 0 saturated carbocycles. The quantitative estimate of drug-likeness (QED) is 0.152. The highest BCUT2D eigenvalue weighted by atomic mass is 16.5. The van der Waals surface area contributed by atoms with Gasteiger partial charge < -0.3 is 9.47 Å². The van der Waals surface area contributed by atoms with Crippen molar-refractivity contribution in [3.63, 3.8) is 0 Å². The summed E-state index contributed by atoms with van der Waals surface area (Å²) in [6.45, 7) is 25.6. The molecule has 0 bridgehead atoms. The molecule has 30 heavy (non-hydrogen) atoms. The van der Waals surface area contributed by atoms with Crippen LogP contribution in [0.3, 0.4) is 0 Å². The highest BCUT2D eigenvalue weighted by Gasteiger charge is 2.07. The topological polar surface area (TPSA) is 52.6 Å². The van der Waals surface area contributed by atoms with Crippen molar-refractivity contribution in [3.05, 3.63) is 97.4 Å². The average molecular weight is 411 g/mol. The van der Waals surface area contributed by atoms with E-state index in [9.17, 15) is 9.59 Å². The van der Waals surface area contributed by atoms with Crippen LogP contribution >= 0.6 is 0 Å². The molecule has 0 radical (unpaired) electrons. The van der Waals surface area contributed by atoms with Crippen molar-refractivity contribution < 1.29 is 19.1 Å². The Balaban J connectivity index is 0. The van der Waals surface area contributed by atoms with Crippen molar-refractivity contribution in [1.29, 1.82) is 0 Å². The van der Waals surface area contributed by atoms with E-state index in [2.05, 4.69) is 26.3 Å². The second-order valence-electron chi connectivity index (χ2n) is 5.46. The number of hydrogen-bond donors (Lipinski definition) is 0. The maximum absolute atomic E-state index is 11.6. The zero-order chi connectivity index (χ0) is 23.7. The van der Waals surface area contributed by atoms with E-state index in [4.69, 9.17) is 9.47 Å². The second kappa shape index (κ2) is 16.5. The van der Waals surface area contributed by atoms with Crippen molar-refractivity contribution in [2.75, 3.05) is 0 Å². The minimum absolute atomic E-state index is 0.296. The van der Waals surface area contributed by atoms with Crippen LogP contribution in [0, 0.1) is 0 Å². The maximum atomic E-state index is 11.6. The minimum atomic E-state index is -0.520. The van der Waals surface area contributed by atoms with Crippen molar-refractivity contribution in [2.24, 2.45) is 0 Å². The molecule has 0 N–H and O–H groups in total. The predicted octanol–water partition coefficient (Wildman–Crippen LogP) is 6.98. The monoisotopic (exact) mass is 410 g/mol. The summed E-state index contributed by atoms with van der Waals surface area (Å²) in [7, 11) is 0. The summed E-state index contributed by atoms with van der Waals surface area (Å²) in [4.78, 5) is 23.1. The largest absolute Gasteiger partial charge is 0.423 e. The smallest absolute Gasteiger partial charge is 0.338 e. The normalized spacial score (nSPS) is 10.2. The van der Waals surface area contributed by atoms with Crippen LogP contribution in [0.25, 0.3) is 5.57 Å². The first-order chi connectivity index (χ1) is 14.3. The molecule has 0 fully saturated rings. The number of carbonyl (C=O) groups excluding carboxylic acids is 2. The van der Waals surface area contributed by atoms with Gasteiger partial charge in [0.05, 0.1) is 0 Å². The number of carbonyl (C=O) groups is 2. The fraction of sp³-hybridized carbons (Fsp3) is 0.231. The van der Waals surface area contributed by atoms with E-state index in [1.807, 2.05) is 27.7 Å². The summed E-state index contributed by atoms with van der Waals surface area (Å²) >= 11 is 0. The highest BCUT2D eigenvalue weighted by Crippen LogP contribution is 2.21. The lowest BCUT2D eigenvalue weighted by Crippen LogP contribution is -2.07. The maximum Gasteiger partial charge on any atom is 0.338 e. The molecule has 0 unspecified atom stereocenters. The van der Waals surface area contributed by atoms with Crippen LogP contribution < -0.4 is 4.74 Å². The molecule has 1 rings (SSSR count). The van der Waals surface area contributed by atoms with Gasteiger partial charge in [0.2, 0.25) is 0 Å². The average Bonchev–Trinajstić information content (AvgIpc) is 2.76. The number of ether oxygens (including phenoxy) is 2.